The molecule has 0 aliphatic carbocycles. The number of phenols is 2. The molecule has 0 fully saturated rings. The fourth-order valence-corrected chi connectivity index (χ4v) is 1.53. The molecule has 0 radical (unpaired) electrons. The van der Waals surface area contributed by atoms with Crippen LogP contribution in [0.5, 0.6) is 11.5 Å². The van der Waals surface area contributed by atoms with Crippen molar-refractivity contribution < 1.29 is 10.2 Å². The van der Waals surface area contributed by atoms with Crippen LogP contribution in [0.4, 0.5) is 0 Å². The molecular formula is C13H12O2. The van der Waals surface area contributed by atoms with E-state index in [0.29, 0.717) is 11.1 Å². The lowest BCUT2D eigenvalue weighted by atomic mass is 10.0. The van der Waals surface area contributed by atoms with Crippen LogP contribution in [0.25, 0.3) is 11.1 Å². The van der Waals surface area contributed by atoms with Crippen LogP contribution in [0.1, 0.15) is 5.56 Å². The summed E-state index contributed by atoms with van der Waals surface area (Å²) in [7, 11) is 0. The zero-order chi connectivity index (χ0) is 10.8. The molecule has 0 unspecified atom stereocenters. The van der Waals surface area contributed by atoms with Crippen molar-refractivity contribution >= 4 is 0 Å². The number of hydrogen-bond acceptors (Lipinski definition) is 2. The first-order valence-electron chi connectivity index (χ1n) is 4.76. The quantitative estimate of drug-likeness (QED) is 0.694. The Bertz CT molecular complexity index is 475. The van der Waals surface area contributed by atoms with Gasteiger partial charge >= 0.3 is 0 Å². The summed E-state index contributed by atoms with van der Waals surface area (Å²) < 4.78 is 0. The van der Waals surface area contributed by atoms with Gasteiger partial charge < -0.3 is 10.2 Å². The van der Waals surface area contributed by atoms with E-state index in [4.69, 9.17) is 0 Å². The Labute approximate surface area is 88.4 Å². The summed E-state index contributed by atoms with van der Waals surface area (Å²) in [4.78, 5) is 0. The van der Waals surface area contributed by atoms with E-state index in [1.807, 2.05) is 30.3 Å². The molecule has 2 nitrogen and oxygen atoms in total. The molecule has 2 aromatic carbocycles. The van der Waals surface area contributed by atoms with Gasteiger partial charge in [0.05, 0.1) is 0 Å². The molecule has 2 rings (SSSR count). The van der Waals surface area contributed by atoms with Crippen LogP contribution >= 0.6 is 0 Å². The number of aromatic hydroxyl groups is 2. The van der Waals surface area contributed by atoms with E-state index >= 15 is 0 Å². The minimum absolute atomic E-state index is 0.191. The van der Waals surface area contributed by atoms with Gasteiger partial charge in [0.25, 0.3) is 0 Å². The van der Waals surface area contributed by atoms with Crippen LogP contribution < -0.4 is 0 Å². The van der Waals surface area contributed by atoms with E-state index < -0.39 is 0 Å². The molecule has 2 N–H and O–H groups in total. The summed E-state index contributed by atoms with van der Waals surface area (Å²) in [6.45, 7) is 1.75. The summed E-state index contributed by atoms with van der Waals surface area (Å²) in [5.74, 6) is 0.392. The molecule has 0 aliphatic rings. The number of hydrogen-bond donors (Lipinski definition) is 2. The van der Waals surface area contributed by atoms with Crippen LogP contribution in [0.3, 0.4) is 0 Å². The molecule has 2 heteroatoms. The zero-order valence-corrected chi connectivity index (χ0v) is 8.44. The predicted molar refractivity (Wildman–Crippen MR) is 59.9 cm³/mol. The van der Waals surface area contributed by atoms with Gasteiger partial charge in [0, 0.05) is 5.56 Å². The minimum atomic E-state index is 0.191. The summed E-state index contributed by atoms with van der Waals surface area (Å²) in [5.41, 5.74) is 2.22. The molecule has 0 amide bonds. The predicted octanol–water partition coefficient (Wildman–Crippen LogP) is 3.07. The molecule has 0 saturated heterocycles. The van der Waals surface area contributed by atoms with Crippen molar-refractivity contribution in [2.24, 2.45) is 0 Å². The fraction of sp³-hybridized carbons (Fsp3) is 0.0769. The molecule has 15 heavy (non-hydrogen) atoms. The topological polar surface area (TPSA) is 40.5 Å². The van der Waals surface area contributed by atoms with Gasteiger partial charge in [-0.3, -0.25) is 0 Å². The van der Waals surface area contributed by atoms with Gasteiger partial charge in [0.2, 0.25) is 0 Å². The first-order chi connectivity index (χ1) is 7.18. The molecule has 0 aromatic heterocycles. The molecule has 0 heterocycles. The van der Waals surface area contributed by atoms with Crippen molar-refractivity contribution in [1.29, 1.82) is 0 Å². The van der Waals surface area contributed by atoms with E-state index in [-0.39, 0.29) is 11.5 Å². The van der Waals surface area contributed by atoms with Crippen molar-refractivity contribution in [2.45, 2.75) is 6.92 Å². The average molecular weight is 200 g/mol. The second-order valence-corrected chi connectivity index (χ2v) is 3.52. The number of phenolic OH excluding ortho intramolecular Hbond substituents is 2. The lowest BCUT2D eigenvalue weighted by molar-refractivity contribution is 0.458. The first-order valence-corrected chi connectivity index (χ1v) is 4.76. The van der Waals surface area contributed by atoms with Gasteiger partial charge in [-0.2, -0.15) is 0 Å². The van der Waals surface area contributed by atoms with Gasteiger partial charge in [-0.25, -0.2) is 0 Å². The second-order valence-electron chi connectivity index (χ2n) is 3.52. The Balaban J connectivity index is 2.59. The zero-order valence-electron chi connectivity index (χ0n) is 8.44. The van der Waals surface area contributed by atoms with E-state index in [9.17, 15) is 10.2 Å². The lowest BCUT2D eigenvalue weighted by Gasteiger charge is -2.07. The monoisotopic (exact) mass is 200 g/mol. The normalized spacial score (nSPS) is 10.2. The maximum Gasteiger partial charge on any atom is 0.123 e. The molecule has 2 aromatic rings. The van der Waals surface area contributed by atoms with Crippen LogP contribution in [0.2, 0.25) is 0 Å². The summed E-state index contributed by atoms with van der Waals surface area (Å²) in [6.07, 6.45) is 0. The summed E-state index contributed by atoms with van der Waals surface area (Å²) in [6, 6.07) is 12.6. The van der Waals surface area contributed by atoms with Crippen LogP contribution in [-0.4, -0.2) is 10.2 Å². The number of benzene rings is 2. The fourth-order valence-electron chi connectivity index (χ4n) is 1.53. The van der Waals surface area contributed by atoms with Crippen molar-refractivity contribution in [3.63, 3.8) is 0 Å². The summed E-state index contributed by atoms with van der Waals surface area (Å²) >= 11 is 0. The molecule has 0 spiro atoms. The Morgan fingerprint density at radius 3 is 2.20 bits per heavy atom. The Morgan fingerprint density at radius 2 is 1.53 bits per heavy atom. The van der Waals surface area contributed by atoms with Crippen molar-refractivity contribution in [3.8, 4) is 22.6 Å². The highest BCUT2D eigenvalue weighted by Crippen LogP contribution is 2.34. The van der Waals surface area contributed by atoms with Crippen molar-refractivity contribution in [2.75, 3.05) is 0 Å². The van der Waals surface area contributed by atoms with Gasteiger partial charge in [-0.1, -0.05) is 30.3 Å². The second kappa shape index (κ2) is 3.65. The maximum absolute atomic E-state index is 9.76. The Morgan fingerprint density at radius 1 is 0.867 bits per heavy atom. The van der Waals surface area contributed by atoms with Crippen LogP contribution in [-0.2, 0) is 0 Å². The lowest BCUT2D eigenvalue weighted by Crippen LogP contribution is -1.81. The third-order valence-corrected chi connectivity index (χ3v) is 2.40. The number of aryl methyl sites for hydroxylation is 1. The first kappa shape index (κ1) is 9.59. The van der Waals surface area contributed by atoms with E-state index in [2.05, 4.69) is 0 Å². The minimum Gasteiger partial charge on any atom is -0.508 e. The van der Waals surface area contributed by atoms with Crippen molar-refractivity contribution in [1.82, 2.24) is 0 Å². The third-order valence-electron chi connectivity index (χ3n) is 2.40. The van der Waals surface area contributed by atoms with Gasteiger partial charge in [-0.15, -0.1) is 0 Å². The molecule has 0 saturated carbocycles. The van der Waals surface area contributed by atoms with E-state index in [1.165, 1.54) is 0 Å². The Hall–Kier alpha value is -1.96. The SMILES string of the molecule is Cc1cc(O)c(-c2ccccc2)cc1O. The highest BCUT2D eigenvalue weighted by Gasteiger charge is 2.07. The number of rotatable bonds is 1. The largest absolute Gasteiger partial charge is 0.508 e. The molecule has 0 aliphatic heterocycles. The summed E-state index contributed by atoms with van der Waals surface area (Å²) in [5, 5.41) is 19.3. The third kappa shape index (κ3) is 1.79. The van der Waals surface area contributed by atoms with Crippen molar-refractivity contribution in [3.05, 3.63) is 48.0 Å². The average Bonchev–Trinajstić information content (AvgIpc) is 2.25. The van der Waals surface area contributed by atoms with E-state index in [0.717, 1.165) is 5.56 Å². The molecule has 0 atom stereocenters. The standard InChI is InChI=1S/C13H12O2/c1-9-7-13(15)11(8-12(9)14)10-5-3-2-4-6-10/h2-8,14-15H,1H3. The smallest absolute Gasteiger partial charge is 0.123 e. The highest BCUT2D eigenvalue weighted by atomic mass is 16.3. The van der Waals surface area contributed by atoms with Crippen LogP contribution in [0, 0.1) is 6.92 Å². The maximum atomic E-state index is 9.76. The van der Waals surface area contributed by atoms with Crippen LogP contribution in [0.15, 0.2) is 42.5 Å². The molecule has 76 valence electrons. The Kier molecular flexibility index (Phi) is 2.34. The highest BCUT2D eigenvalue weighted by molar-refractivity contribution is 5.72. The molecular weight excluding hydrogens is 188 g/mol. The van der Waals surface area contributed by atoms with Gasteiger partial charge in [0.1, 0.15) is 11.5 Å². The molecule has 0 bridgehead atoms. The van der Waals surface area contributed by atoms with Gasteiger partial charge in [0.15, 0.2) is 0 Å². The van der Waals surface area contributed by atoms with Gasteiger partial charge in [-0.05, 0) is 30.2 Å². The van der Waals surface area contributed by atoms with E-state index in [1.54, 1.807) is 19.1 Å².